The molecule has 0 aliphatic carbocycles. The van der Waals surface area contributed by atoms with E-state index in [0.29, 0.717) is 12.3 Å². The average molecular weight is 151 g/mol. The first-order chi connectivity index (χ1) is 5.15. The van der Waals surface area contributed by atoms with E-state index in [-0.39, 0.29) is 0 Å². The highest BCUT2D eigenvalue weighted by molar-refractivity contribution is 5.41. The Morgan fingerprint density at radius 2 is 1.73 bits per heavy atom. The molecular formula is C9H13NO. The molecule has 3 N–H and O–H groups in total. The summed E-state index contributed by atoms with van der Waals surface area (Å²) in [7, 11) is 0. The Kier molecular flexibility index (Phi) is 2.15. The molecule has 60 valence electrons. The van der Waals surface area contributed by atoms with Crippen LogP contribution in [0.5, 0.6) is 5.75 Å². The quantitative estimate of drug-likeness (QED) is 0.638. The number of benzene rings is 1. The SMILES string of the molecule is Cc1cc(CN)cc(C)c1O. The van der Waals surface area contributed by atoms with Crippen molar-refractivity contribution in [3.8, 4) is 5.75 Å². The smallest absolute Gasteiger partial charge is 0.121 e. The first-order valence-electron chi connectivity index (χ1n) is 3.64. The van der Waals surface area contributed by atoms with Crippen LogP contribution >= 0.6 is 0 Å². The summed E-state index contributed by atoms with van der Waals surface area (Å²) in [5.74, 6) is 0.377. The van der Waals surface area contributed by atoms with Crippen molar-refractivity contribution in [2.24, 2.45) is 5.73 Å². The van der Waals surface area contributed by atoms with Gasteiger partial charge in [0, 0.05) is 6.54 Å². The number of hydrogen-bond acceptors (Lipinski definition) is 2. The molecule has 0 aromatic heterocycles. The van der Waals surface area contributed by atoms with E-state index >= 15 is 0 Å². The van der Waals surface area contributed by atoms with Gasteiger partial charge < -0.3 is 10.8 Å². The monoisotopic (exact) mass is 151 g/mol. The Bertz CT molecular complexity index is 245. The maximum absolute atomic E-state index is 9.39. The lowest BCUT2D eigenvalue weighted by Crippen LogP contribution is -1.97. The molecule has 0 saturated heterocycles. The second-order valence-corrected chi connectivity index (χ2v) is 2.78. The molecule has 0 amide bonds. The third-order valence-electron chi connectivity index (χ3n) is 1.79. The zero-order valence-corrected chi connectivity index (χ0v) is 6.89. The number of phenolic OH excluding ortho intramolecular Hbond substituents is 1. The topological polar surface area (TPSA) is 46.2 Å². The van der Waals surface area contributed by atoms with Gasteiger partial charge in [0.1, 0.15) is 5.75 Å². The van der Waals surface area contributed by atoms with Gasteiger partial charge in [-0.3, -0.25) is 0 Å². The third kappa shape index (κ3) is 1.52. The summed E-state index contributed by atoms with van der Waals surface area (Å²) < 4.78 is 0. The van der Waals surface area contributed by atoms with E-state index in [1.165, 1.54) is 0 Å². The molecule has 0 aliphatic heterocycles. The Morgan fingerprint density at radius 3 is 2.09 bits per heavy atom. The zero-order chi connectivity index (χ0) is 8.43. The summed E-state index contributed by atoms with van der Waals surface area (Å²) >= 11 is 0. The first-order valence-corrected chi connectivity index (χ1v) is 3.64. The van der Waals surface area contributed by atoms with Gasteiger partial charge in [-0.1, -0.05) is 12.1 Å². The molecule has 0 heterocycles. The fourth-order valence-corrected chi connectivity index (χ4v) is 1.16. The minimum absolute atomic E-state index is 0.377. The third-order valence-corrected chi connectivity index (χ3v) is 1.79. The number of aryl methyl sites for hydroxylation is 2. The number of phenols is 1. The van der Waals surface area contributed by atoms with Crippen molar-refractivity contribution in [3.05, 3.63) is 28.8 Å². The molecule has 1 aromatic rings. The maximum Gasteiger partial charge on any atom is 0.121 e. The first kappa shape index (κ1) is 8.08. The molecule has 11 heavy (non-hydrogen) atoms. The van der Waals surface area contributed by atoms with Crippen LogP contribution < -0.4 is 5.73 Å². The highest BCUT2D eigenvalue weighted by atomic mass is 16.3. The van der Waals surface area contributed by atoms with E-state index in [0.717, 1.165) is 16.7 Å². The van der Waals surface area contributed by atoms with Crippen molar-refractivity contribution in [2.45, 2.75) is 20.4 Å². The van der Waals surface area contributed by atoms with Gasteiger partial charge in [0.2, 0.25) is 0 Å². The van der Waals surface area contributed by atoms with Crippen molar-refractivity contribution >= 4 is 0 Å². The highest BCUT2D eigenvalue weighted by Gasteiger charge is 2.00. The van der Waals surface area contributed by atoms with E-state index in [1.807, 2.05) is 26.0 Å². The van der Waals surface area contributed by atoms with Gasteiger partial charge in [0.05, 0.1) is 0 Å². The van der Waals surface area contributed by atoms with Crippen molar-refractivity contribution in [1.82, 2.24) is 0 Å². The average Bonchev–Trinajstić information content (AvgIpc) is 1.99. The molecule has 1 rings (SSSR count). The molecule has 0 spiro atoms. The molecule has 0 unspecified atom stereocenters. The van der Waals surface area contributed by atoms with Gasteiger partial charge in [-0.2, -0.15) is 0 Å². The number of rotatable bonds is 1. The minimum Gasteiger partial charge on any atom is -0.507 e. The summed E-state index contributed by atoms with van der Waals surface area (Å²) in [6, 6.07) is 3.81. The minimum atomic E-state index is 0.377. The molecule has 2 nitrogen and oxygen atoms in total. The van der Waals surface area contributed by atoms with Crippen LogP contribution in [0.25, 0.3) is 0 Å². The Balaban J connectivity index is 3.21. The summed E-state index contributed by atoms with van der Waals surface area (Å²) in [6.07, 6.45) is 0. The number of nitrogens with two attached hydrogens (primary N) is 1. The van der Waals surface area contributed by atoms with Gasteiger partial charge in [-0.25, -0.2) is 0 Å². The van der Waals surface area contributed by atoms with Gasteiger partial charge >= 0.3 is 0 Å². The van der Waals surface area contributed by atoms with Gasteiger partial charge in [-0.05, 0) is 30.5 Å². The summed E-state index contributed by atoms with van der Waals surface area (Å²) in [6.45, 7) is 4.28. The van der Waals surface area contributed by atoms with E-state index < -0.39 is 0 Å². The molecule has 0 aliphatic rings. The van der Waals surface area contributed by atoms with Gasteiger partial charge in [0.15, 0.2) is 0 Å². The fourth-order valence-electron chi connectivity index (χ4n) is 1.16. The predicted octanol–water partition coefficient (Wildman–Crippen LogP) is 1.47. The predicted molar refractivity (Wildman–Crippen MR) is 45.5 cm³/mol. The van der Waals surface area contributed by atoms with Crippen LogP contribution in [0, 0.1) is 13.8 Å². The number of aromatic hydroxyl groups is 1. The molecule has 2 heteroatoms. The molecular weight excluding hydrogens is 138 g/mol. The van der Waals surface area contributed by atoms with E-state index in [2.05, 4.69) is 0 Å². The normalized spacial score (nSPS) is 10.1. The second kappa shape index (κ2) is 2.93. The second-order valence-electron chi connectivity index (χ2n) is 2.78. The van der Waals surface area contributed by atoms with Crippen LogP contribution in [0.1, 0.15) is 16.7 Å². The Labute approximate surface area is 66.7 Å². The van der Waals surface area contributed by atoms with Crippen LogP contribution in [-0.2, 0) is 6.54 Å². The van der Waals surface area contributed by atoms with Crippen LogP contribution in [0.2, 0.25) is 0 Å². The molecule has 0 fully saturated rings. The lowest BCUT2D eigenvalue weighted by molar-refractivity contribution is 0.466. The van der Waals surface area contributed by atoms with Crippen LogP contribution in [0.3, 0.4) is 0 Å². The van der Waals surface area contributed by atoms with Gasteiger partial charge in [0.25, 0.3) is 0 Å². The highest BCUT2D eigenvalue weighted by Crippen LogP contribution is 2.22. The summed E-state index contributed by atoms with van der Waals surface area (Å²) in [5.41, 5.74) is 8.31. The summed E-state index contributed by atoms with van der Waals surface area (Å²) in [4.78, 5) is 0. The Morgan fingerprint density at radius 1 is 1.27 bits per heavy atom. The standard InChI is InChI=1S/C9H13NO/c1-6-3-8(5-10)4-7(2)9(6)11/h3-4,11H,5,10H2,1-2H3. The largest absolute Gasteiger partial charge is 0.507 e. The van der Waals surface area contributed by atoms with Gasteiger partial charge in [-0.15, -0.1) is 0 Å². The summed E-state index contributed by atoms with van der Waals surface area (Å²) in [5, 5.41) is 9.39. The van der Waals surface area contributed by atoms with Crippen LogP contribution in [0.4, 0.5) is 0 Å². The molecule has 0 atom stereocenters. The van der Waals surface area contributed by atoms with E-state index in [1.54, 1.807) is 0 Å². The van der Waals surface area contributed by atoms with E-state index in [4.69, 9.17) is 5.73 Å². The lowest BCUT2D eigenvalue weighted by Gasteiger charge is -2.05. The van der Waals surface area contributed by atoms with Crippen molar-refractivity contribution in [2.75, 3.05) is 0 Å². The Hall–Kier alpha value is -1.02. The van der Waals surface area contributed by atoms with E-state index in [9.17, 15) is 5.11 Å². The molecule has 1 aromatic carbocycles. The van der Waals surface area contributed by atoms with Crippen molar-refractivity contribution < 1.29 is 5.11 Å². The van der Waals surface area contributed by atoms with Crippen molar-refractivity contribution in [1.29, 1.82) is 0 Å². The van der Waals surface area contributed by atoms with Crippen LogP contribution in [0.15, 0.2) is 12.1 Å². The molecule has 0 radical (unpaired) electrons. The molecule has 0 saturated carbocycles. The zero-order valence-electron chi connectivity index (χ0n) is 6.89. The molecule has 0 bridgehead atoms. The maximum atomic E-state index is 9.39. The number of hydrogen-bond donors (Lipinski definition) is 2. The van der Waals surface area contributed by atoms with Crippen molar-refractivity contribution in [3.63, 3.8) is 0 Å². The van der Waals surface area contributed by atoms with Crippen LogP contribution in [-0.4, -0.2) is 5.11 Å². The lowest BCUT2D eigenvalue weighted by atomic mass is 10.1. The fraction of sp³-hybridized carbons (Fsp3) is 0.333.